The molecule has 0 amide bonds. The van der Waals surface area contributed by atoms with Gasteiger partial charge in [-0.2, -0.15) is 0 Å². The lowest BCUT2D eigenvalue weighted by atomic mass is 9.71. The zero-order valence-corrected chi connectivity index (χ0v) is 8.09. The second-order valence-electron chi connectivity index (χ2n) is 4.02. The van der Waals surface area contributed by atoms with Crippen molar-refractivity contribution in [2.75, 3.05) is 0 Å². The number of carboxylic acid groups (broad SMARTS) is 1. The molecule has 0 spiro atoms. The molecule has 74 valence electrons. The van der Waals surface area contributed by atoms with Crippen LogP contribution < -0.4 is 0 Å². The van der Waals surface area contributed by atoms with Crippen LogP contribution in [0.4, 0.5) is 0 Å². The maximum absolute atomic E-state index is 10.5. The molecule has 0 bridgehead atoms. The van der Waals surface area contributed by atoms with Gasteiger partial charge in [-0.25, -0.2) is 0 Å². The Bertz CT molecular complexity index is 190. The maximum atomic E-state index is 10.5. The van der Waals surface area contributed by atoms with Gasteiger partial charge >= 0.3 is 5.97 Å². The normalized spacial score (nSPS) is 20.9. The van der Waals surface area contributed by atoms with E-state index >= 15 is 0 Å². The van der Waals surface area contributed by atoms with E-state index in [4.69, 9.17) is 5.11 Å². The van der Waals surface area contributed by atoms with Crippen LogP contribution in [0.2, 0.25) is 0 Å². The van der Waals surface area contributed by atoms with Crippen LogP contribution in [0.3, 0.4) is 0 Å². The van der Waals surface area contributed by atoms with Gasteiger partial charge in [0, 0.05) is 6.42 Å². The van der Waals surface area contributed by atoms with E-state index < -0.39 is 5.97 Å². The first-order valence-corrected chi connectivity index (χ1v) is 5.04. The zero-order chi connectivity index (χ0) is 9.73. The third kappa shape index (κ3) is 2.87. The molecule has 0 aromatic heterocycles. The smallest absolute Gasteiger partial charge is 0.303 e. The molecule has 1 rings (SSSR count). The van der Waals surface area contributed by atoms with Crippen molar-refractivity contribution in [3.63, 3.8) is 0 Å². The molecule has 13 heavy (non-hydrogen) atoms. The van der Waals surface area contributed by atoms with E-state index in [9.17, 15) is 4.79 Å². The van der Waals surface area contributed by atoms with E-state index in [0.29, 0.717) is 0 Å². The average Bonchev–Trinajstić information content (AvgIpc) is 2.16. The molecule has 1 aliphatic rings. The van der Waals surface area contributed by atoms with E-state index in [1.54, 1.807) is 0 Å². The Morgan fingerprint density at radius 1 is 1.38 bits per heavy atom. The van der Waals surface area contributed by atoms with Crippen LogP contribution in [0.15, 0.2) is 12.7 Å². The first-order chi connectivity index (χ1) is 6.18. The Morgan fingerprint density at radius 2 is 2.00 bits per heavy atom. The van der Waals surface area contributed by atoms with E-state index in [1.165, 1.54) is 19.3 Å². The van der Waals surface area contributed by atoms with Crippen LogP contribution in [0.1, 0.15) is 44.9 Å². The molecule has 0 radical (unpaired) electrons. The van der Waals surface area contributed by atoms with Crippen molar-refractivity contribution >= 4 is 5.97 Å². The predicted molar refractivity (Wildman–Crippen MR) is 52.6 cm³/mol. The molecular weight excluding hydrogens is 164 g/mol. The van der Waals surface area contributed by atoms with Gasteiger partial charge in [-0.1, -0.05) is 25.3 Å². The average molecular weight is 182 g/mol. The van der Waals surface area contributed by atoms with Gasteiger partial charge in [-0.3, -0.25) is 4.79 Å². The van der Waals surface area contributed by atoms with Crippen LogP contribution in [0.25, 0.3) is 0 Å². The molecule has 0 saturated heterocycles. The molecule has 0 atom stereocenters. The highest BCUT2D eigenvalue weighted by Crippen LogP contribution is 2.40. The topological polar surface area (TPSA) is 37.3 Å². The lowest BCUT2D eigenvalue weighted by molar-refractivity contribution is -0.137. The number of hydrogen-bond acceptors (Lipinski definition) is 1. The Labute approximate surface area is 79.6 Å². The fraction of sp³-hybridized carbons (Fsp3) is 0.727. The molecular formula is C11H18O2. The first-order valence-electron chi connectivity index (χ1n) is 5.04. The van der Waals surface area contributed by atoms with Gasteiger partial charge in [0.05, 0.1) is 0 Å². The molecule has 0 aromatic carbocycles. The molecule has 0 unspecified atom stereocenters. The van der Waals surface area contributed by atoms with E-state index in [-0.39, 0.29) is 11.8 Å². The molecule has 1 saturated carbocycles. The summed E-state index contributed by atoms with van der Waals surface area (Å²) in [6, 6.07) is 0. The second kappa shape index (κ2) is 4.45. The largest absolute Gasteiger partial charge is 0.481 e. The molecule has 0 aromatic rings. The van der Waals surface area contributed by atoms with Crippen molar-refractivity contribution in [3.8, 4) is 0 Å². The predicted octanol–water partition coefficient (Wildman–Crippen LogP) is 2.99. The van der Waals surface area contributed by atoms with Crippen molar-refractivity contribution in [2.24, 2.45) is 5.41 Å². The van der Waals surface area contributed by atoms with Crippen LogP contribution in [0.5, 0.6) is 0 Å². The van der Waals surface area contributed by atoms with Gasteiger partial charge in [0.1, 0.15) is 0 Å². The highest BCUT2D eigenvalue weighted by molar-refractivity contribution is 5.66. The number of aliphatic carboxylic acids is 1. The monoisotopic (exact) mass is 182 g/mol. The van der Waals surface area contributed by atoms with Crippen molar-refractivity contribution in [1.29, 1.82) is 0 Å². The highest BCUT2D eigenvalue weighted by Gasteiger charge is 2.28. The molecule has 2 nitrogen and oxygen atoms in total. The van der Waals surface area contributed by atoms with Crippen LogP contribution in [-0.4, -0.2) is 11.1 Å². The summed E-state index contributed by atoms with van der Waals surface area (Å²) in [6.07, 6.45) is 9.04. The lowest BCUT2D eigenvalue weighted by Gasteiger charge is -2.34. The minimum absolute atomic E-state index is 0.136. The maximum Gasteiger partial charge on any atom is 0.303 e. The van der Waals surface area contributed by atoms with E-state index in [2.05, 4.69) is 6.58 Å². The standard InChI is InChI=1S/C11H18O2/c1-2-11(9-6-10(12)13)7-4-3-5-8-11/h2H,1,3-9H2,(H,12,13). The Balaban J connectivity index is 2.47. The van der Waals surface area contributed by atoms with E-state index in [1.807, 2.05) is 6.08 Å². The minimum atomic E-state index is -0.688. The molecule has 0 heterocycles. The molecule has 0 aliphatic heterocycles. The third-order valence-corrected chi connectivity index (χ3v) is 3.12. The Hall–Kier alpha value is -0.790. The summed E-state index contributed by atoms with van der Waals surface area (Å²) < 4.78 is 0. The summed E-state index contributed by atoms with van der Waals surface area (Å²) in [5.41, 5.74) is 0.136. The van der Waals surface area contributed by atoms with Gasteiger partial charge in [-0.15, -0.1) is 6.58 Å². The van der Waals surface area contributed by atoms with Gasteiger partial charge in [-0.05, 0) is 24.7 Å². The Morgan fingerprint density at radius 3 is 2.46 bits per heavy atom. The minimum Gasteiger partial charge on any atom is -0.481 e. The summed E-state index contributed by atoms with van der Waals surface area (Å²) in [4.78, 5) is 10.5. The van der Waals surface area contributed by atoms with Gasteiger partial charge in [0.2, 0.25) is 0 Å². The fourth-order valence-electron chi connectivity index (χ4n) is 2.17. The van der Waals surface area contributed by atoms with Crippen molar-refractivity contribution in [1.82, 2.24) is 0 Å². The molecule has 2 heteroatoms. The van der Waals surface area contributed by atoms with Crippen LogP contribution >= 0.6 is 0 Å². The van der Waals surface area contributed by atoms with Crippen LogP contribution in [0, 0.1) is 5.41 Å². The number of hydrogen-bond donors (Lipinski definition) is 1. The van der Waals surface area contributed by atoms with Gasteiger partial charge in [0.25, 0.3) is 0 Å². The summed E-state index contributed by atoms with van der Waals surface area (Å²) >= 11 is 0. The van der Waals surface area contributed by atoms with Gasteiger partial charge < -0.3 is 5.11 Å². The van der Waals surface area contributed by atoms with Gasteiger partial charge in [0.15, 0.2) is 0 Å². The van der Waals surface area contributed by atoms with E-state index in [0.717, 1.165) is 19.3 Å². The molecule has 1 aliphatic carbocycles. The summed E-state index contributed by atoms with van der Waals surface area (Å²) in [5.74, 6) is -0.688. The third-order valence-electron chi connectivity index (χ3n) is 3.12. The molecule has 1 fully saturated rings. The summed E-state index contributed by atoms with van der Waals surface area (Å²) in [6.45, 7) is 3.84. The number of rotatable bonds is 4. The second-order valence-corrected chi connectivity index (χ2v) is 4.02. The summed E-state index contributed by atoms with van der Waals surface area (Å²) in [5, 5.41) is 8.62. The van der Waals surface area contributed by atoms with Crippen molar-refractivity contribution in [2.45, 2.75) is 44.9 Å². The fourth-order valence-corrected chi connectivity index (χ4v) is 2.17. The lowest BCUT2D eigenvalue weighted by Crippen LogP contribution is -2.22. The number of carboxylic acids is 1. The molecule has 1 N–H and O–H groups in total. The van der Waals surface area contributed by atoms with Crippen molar-refractivity contribution < 1.29 is 9.90 Å². The number of carbonyl (C=O) groups is 1. The van der Waals surface area contributed by atoms with Crippen molar-refractivity contribution in [3.05, 3.63) is 12.7 Å². The summed E-state index contributed by atoms with van der Waals surface area (Å²) in [7, 11) is 0. The zero-order valence-electron chi connectivity index (χ0n) is 8.09. The van der Waals surface area contributed by atoms with Crippen LogP contribution in [-0.2, 0) is 4.79 Å². The quantitative estimate of drug-likeness (QED) is 0.678. The number of allylic oxidation sites excluding steroid dienone is 1. The first kappa shape index (κ1) is 10.3. The Kier molecular flexibility index (Phi) is 3.52. The highest BCUT2D eigenvalue weighted by atomic mass is 16.4. The SMILES string of the molecule is C=CC1(CCC(=O)O)CCCCC1.